The Labute approximate surface area is 114 Å². The second-order valence-corrected chi connectivity index (χ2v) is 4.75. The molecule has 1 aromatic heterocycles. The summed E-state index contributed by atoms with van der Waals surface area (Å²) in [4.78, 5) is 0. The van der Waals surface area contributed by atoms with E-state index in [1.165, 1.54) is 0 Å². The number of ether oxygens (including phenoxy) is 1. The van der Waals surface area contributed by atoms with Crippen molar-refractivity contribution >= 4 is 11.6 Å². The fourth-order valence-electron chi connectivity index (χ4n) is 1.96. The van der Waals surface area contributed by atoms with Gasteiger partial charge in [-0.3, -0.25) is 16.0 Å². The summed E-state index contributed by atoms with van der Waals surface area (Å²) in [5.74, 6) is 5.58. The van der Waals surface area contributed by atoms with Crippen molar-refractivity contribution in [2.24, 2.45) is 12.9 Å². The van der Waals surface area contributed by atoms with Gasteiger partial charge in [0.1, 0.15) is 0 Å². The van der Waals surface area contributed by atoms with Crippen molar-refractivity contribution in [1.29, 1.82) is 0 Å². The van der Waals surface area contributed by atoms with E-state index in [0.717, 1.165) is 48.9 Å². The standard InChI is InChI=1S/C12H23ClN4O/c1-4-18-7-5-6-10(15-14)8-11-12(13)9(2)16-17(11)3/h10,15H,4-8,14H2,1-3H3. The topological polar surface area (TPSA) is 65.1 Å². The fraction of sp³-hybridized carbons (Fsp3) is 0.750. The van der Waals surface area contributed by atoms with Crippen LogP contribution in [0.5, 0.6) is 0 Å². The number of halogens is 1. The van der Waals surface area contributed by atoms with Crippen LogP contribution >= 0.6 is 11.6 Å². The number of aromatic nitrogens is 2. The Kier molecular flexibility index (Phi) is 6.63. The van der Waals surface area contributed by atoms with Crippen molar-refractivity contribution in [2.75, 3.05) is 13.2 Å². The molecule has 0 aliphatic carbocycles. The van der Waals surface area contributed by atoms with E-state index < -0.39 is 0 Å². The Morgan fingerprint density at radius 1 is 1.56 bits per heavy atom. The molecule has 0 aliphatic rings. The average molecular weight is 275 g/mol. The van der Waals surface area contributed by atoms with Crippen molar-refractivity contribution in [3.05, 3.63) is 16.4 Å². The zero-order chi connectivity index (χ0) is 13.5. The number of nitrogens with one attached hydrogen (secondary N) is 1. The highest BCUT2D eigenvalue weighted by Gasteiger charge is 2.16. The van der Waals surface area contributed by atoms with Gasteiger partial charge in [-0.1, -0.05) is 11.6 Å². The molecule has 0 saturated carbocycles. The molecule has 5 nitrogen and oxygen atoms in total. The third-order valence-corrected chi connectivity index (χ3v) is 3.47. The van der Waals surface area contributed by atoms with Crippen LogP contribution < -0.4 is 11.3 Å². The Bertz CT molecular complexity index is 367. The molecule has 104 valence electrons. The predicted octanol–water partition coefficient (Wildman–Crippen LogP) is 1.57. The number of hydrogen-bond acceptors (Lipinski definition) is 4. The van der Waals surface area contributed by atoms with Crippen LogP contribution in [0, 0.1) is 6.92 Å². The molecule has 1 aromatic rings. The molecule has 0 amide bonds. The molecule has 0 bridgehead atoms. The van der Waals surface area contributed by atoms with Gasteiger partial charge in [0.15, 0.2) is 0 Å². The number of rotatable bonds is 8. The van der Waals surface area contributed by atoms with Crippen molar-refractivity contribution < 1.29 is 4.74 Å². The number of nitrogens with two attached hydrogens (primary N) is 1. The normalized spacial score (nSPS) is 12.9. The largest absolute Gasteiger partial charge is 0.382 e. The molecule has 0 aliphatic heterocycles. The highest BCUT2D eigenvalue weighted by atomic mass is 35.5. The third kappa shape index (κ3) is 4.24. The molecule has 1 heterocycles. The number of hydrazine groups is 1. The third-order valence-electron chi connectivity index (χ3n) is 2.98. The van der Waals surface area contributed by atoms with E-state index in [0.29, 0.717) is 0 Å². The molecule has 0 radical (unpaired) electrons. The molecule has 1 unspecified atom stereocenters. The van der Waals surface area contributed by atoms with Crippen LogP contribution in [0.25, 0.3) is 0 Å². The lowest BCUT2D eigenvalue weighted by Gasteiger charge is -2.16. The SMILES string of the molecule is CCOCCCC(Cc1c(Cl)c(C)nn1C)NN. The molecule has 0 spiro atoms. The summed E-state index contributed by atoms with van der Waals surface area (Å²) in [6.07, 6.45) is 2.72. The average Bonchev–Trinajstić information content (AvgIpc) is 2.59. The van der Waals surface area contributed by atoms with Crippen LogP contribution in [0.4, 0.5) is 0 Å². The maximum absolute atomic E-state index is 6.22. The maximum atomic E-state index is 6.22. The van der Waals surface area contributed by atoms with Crippen LogP contribution in [-0.2, 0) is 18.2 Å². The van der Waals surface area contributed by atoms with Crippen molar-refractivity contribution in [3.8, 4) is 0 Å². The molecular formula is C12H23ClN4O. The van der Waals surface area contributed by atoms with E-state index in [1.54, 1.807) is 0 Å². The Morgan fingerprint density at radius 3 is 2.78 bits per heavy atom. The summed E-state index contributed by atoms with van der Waals surface area (Å²) < 4.78 is 7.14. The van der Waals surface area contributed by atoms with Gasteiger partial charge in [-0.15, -0.1) is 0 Å². The monoisotopic (exact) mass is 274 g/mol. The zero-order valence-corrected chi connectivity index (χ0v) is 12.1. The summed E-state index contributed by atoms with van der Waals surface area (Å²) in [6, 6.07) is 0.192. The minimum atomic E-state index is 0.192. The van der Waals surface area contributed by atoms with E-state index >= 15 is 0 Å². The van der Waals surface area contributed by atoms with Crippen LogP contribution in [0.1, 0.15) is 31.2 Å². The van der Waals surface area contributed by atoms with Crippen molar-refractivity contribution in [3.63, 3.8) is 0 Å². The Morgan fingerprint density at radius 2 is 2.28 bits per heavy atom. The van der Waals surface area contributed by atoms with Gasteiger partial charge in [0.25, 0.3) is 0 Å². The number of hydrogen-bond donors (Lipinski definition) is 2. The first-order chi connectivity index (χ1) is 8.60. The zero-order valence-electron chi connectivity index (χ0n) is 11.4. The Balaban J connectivity index is 2.51. The van der Waals surface area contributed by atoms with Gasteiger partial charge < -0.3 is 4.74 Å². The lowest BCUT2D eigenvalue weighted by atomic mass is 10.1. The summed E-state index contributed by atoms with van der Waals surface area (Å²) in [5, 5.41) is 5.04. The van der Waals surface area contributed by atoms with E-state index in [4.69, 9.17) is 22.2 Å². The molecule has 1 rings (SSSR count). The number of nitrogens with zero attached hydrogens (tertiary/aromatic N) is 2. The smallest absolute Gasteiger partial charge is 0.0847 e. The van der Waals surface area contributed by atoms with Crippen LogP contribution in [0.2, 0.25) is 5.02 Å². The highest BCUT2D eigenvalue weighted by molar-refractivity contribution is 6.31. The quantitative estimate of drug-likeness (QED) is 0.429. The van der Waals surface area contributed by atoms with Gasteiger partial charge in [0.2, 0.25) is 0 Å². The van der Waals surface area contributed by atoms with E-state index in [2.05, 4.69) is 10.5 Å². The molecule has 0 saturated heterocycles. The molecule has 1 atom stereocenters. The minimum Gasteiger partial charge on any atom is -0.382 e. The minimum absolute atomic E-state index is 0.192. The summed E-state index contributed by atoms with van der Waals surface area (Å²) in [5.41, 5.74) is 4.72. The maximum Gasteiger partial charge on any atom is 0.0847 e. The fourth-order valence-corrected chi connectivity index (χ4v) is 2.19. The van der Waals surface area contributed by atoms with Crippen LogP contribution in [0.3, 0.4) is 0 Å². The lowest BCUT2D eigenvalue weighted by molar-refractivity contribution is 0.140. The van der Waals surface area contributed by atoms with Gasteiger partial charge in [-0.05, 0) is 26.7 Å². The molecule has 18 heavy (non-hydrogen) atoms. The first-order valence-electron chi connectivity index (χ1n) is 6.32. The Hall–Kier alpha value is -0.620. The van der Waals surface area contributed by atoms with Gasteiger partial charge in [-0.2, -0.15) is 5.10 Å². The molecule has 6 heteroatoms. The first kappa shape index (κ1) is 15.4. The van der Waals surface area contributed by atoms with Gasteiger partial charge in [-0.25, -0.2) is 0 Å². The van der Waals surface area contributed by atoms with Gasteiger partial charge >= 0.3 is 0 Å². The summed E-state index contributed by atoms with van der Waals surface area (Å²) in [6.45, 7) is 5.43. The second kappa shape index (κ2) is 7.74. The predicted molar refractivity (Wildman–Crippen MR) is 73.5 cm³/mol. The van der Waals surface area contributed by atoms with E-state index in [1.807, 2.05) is 25.6 Å². The second-order valence-electron chi connectivity index (χ2n) is 4.38. The summed E-state index contributed by atoms with van der Waals surface area (Å²) in [7, 11) is 1.90. The van der Waals surface area contributed by atoms with Gasteiger partial charge in [0.05, 0.1) is 16.4 Å². The first-order valence-corrected chi connectivity index (χ1v) is 6.69. The molecular weight excluding hydrogens is 252 g/mol. The van der Waals surface area contributed by atoms with E-state index in [9.17, 15) is 0 Å². The molecule has 0 fully saturated rings. The van der Waals surface area contributed by atoms with E-state index in [-0.39, 0.29) is 6.04 Å². The molecule has 3 N–H and O–H groups in total. The van der Waals surface area contributed by atoms with Crippen LogP contribution in [-0.4, -0.2) is 29.0 Å². The lowest BCUT2D eigenvalue weighted by Crippen LogP contribution is -2.37. The van der Waals surface area contributed by atoms with Gasteiger partial charge in [0, 0.05) is 32.7 Å². The van der Waals surface area contributed by atoms with Crippen LogP contribution in [0.15, 0.2) is 0 Å². The summed E-state index contributed by atoms with van der Waals surface area (Å²) >= 11 is 6.22. The van der Waals surface area contributed by atoms with Crippen molar-refractivity contribution in [2.45, 2.75) is 39.2 Å². The highest BCUT2D eigenvalue weighted by Crippen LogP contribution is 2.21. The molecule has 0 aromatic carbocycles. The number of aryl methyl sites for hydroxylation is 2. The van der Waals surface area contributed by atoms with Crippen molar-refractivity contribution in [1.82, 2.24) is 15.2 Å².